The van der Waals surface area contributed by atoms with Crippen molar-refractivity contribution in [1.29, 1.82) is 0 Å². The standard InChI is InChI=1S/2C18H15P.C12H11N.Cu/c2*1-4-10-16(11-5-1)19(17-12-6-2-7-13-17)18-14-8-3-9-15-18;1-3-7-11(8-4-1)13-12-9-5-2-6-10-12;/h2*1-15H;1-10,13H;. The third-order valence-electron chi connectivity index (χ3n) is 7.92. The van der Waals surface area contributed by atoms with Crippen LogP contribution in [0.15, 0.2) is 243 Å². The molecular weight excluding hydrogens is 716 g/mol. The fourth-order valence-electron chi connectivity index (χ4n) is 5.57. The number of hydrogen-bond donors (Lipinski definition) is 1. The van der Waals surface area contributed by atoms with Crippen LogP contribution in [0.2, 0.25) is 0 Å². The molecule has 1 radical (unpaired) electrons. The van der Waals surface area contributed by atoms with Gasteiger partial charge in [0.25, 0.3) is 0 Å². The molecule has 0 heterocycles. The predicted molar refractivity (Wildman–Crippen MR) is 226 cm³/mol. The number of benzene rings is 8. The molecule has 8 aromatic rings. The van der Waals surface area contributed by atoms with E-state index < -0.39 is 15.8 Å². The third-order valence-corrected chi connectivity index (χ3v) is 12.8. The van der Waals surface area contributed by atoms with E-state index in [0.717, 1.165) is 11.4 Å². The Hall–Kier alpha value is -5.06. The summed E-state index contributed by atoms with van der Waals surface area (Å²) in [4.78, 5) is 0. The fourth-order valence-corrected chi connectivity index (χ4v) is 10.2. The van der Waals surface area contributed by atoms with Gasteiger partial charge in [0.1, 0.15) is 0 Å². The molecular formula is C48H41CuNP2. The molecule has 0 aromatic heterocycles. The van der Waals surface area contributed by atoms with E-state index in [1.165, 1.54) is 31.8 Å². The Morgan fingerprint density at radius 2 is 0.365 bits per heavy atom. The van der Waals surface area contributed by atoms with E-state index in [9.17, 15) is 0 Å². The van der Waals surface area contributed by atoms with E-state index in [1.807, 2.05) is 60.7 Å². The topological polar surface area (TPSA) is 12.0 Å². The van der Waals surface area contributed by atoms with Crippen LogP contribution in [-0.4, -0.2) is 0 Å². The van der Waals surface area contributed by atoms with Crippen molar-refractivity contribution in [3.05, 3.63) is 243 Å². The van der Waals surface area contributed by atoms with Crippen molar-refractivity contribution >= 4 is 59.0 Å². The molecule has 0 aliphatic carbocycles. The van der Waals surface area contributed by atoms with Crippen molar-refractivity contribution in [2.75, 3.05) is 5.32 Å². The van der Waals surface area contributed by atoms with Gasteiger partial charge in [0.2, 0.25) is 0 Å². The van der Waals surface area contributed by atoms with Gasteiger partial charge in [-0.15, -0.1) is 0 Å². The zero-order chi connectivity index (χ0) is 34.8. The van der Waals surface area contributed by atoms with Crippen LogP contribution >= 0.6 is 15.8 Å². The monoisotopic (exact) mass is 756 g/mol. The van der Waals surface area contributed by atoms with Crippen molar-refractivity contribution in [3.63, 3.8) is 0 Å². The Bertz CT molecular complexity index is 1740. The Balaban J connectivity index is 0.000000152. The van der Waals surface area contributed by atoms with Gasteiger partial charge < -0.3 is 5.32 Å². The average Bonchev–Trinajstić information content (AvgIpc) is 3.22. The molecule has 0 amide bonds. The van der Waals surface area contributed by atoms with Crippen LogP contribution < -0.4 is 37.1 Å². The molecule has 0 spiro atoms. The van der Waals surface area contributed by atoms with Crippen molar-refractivity contribution < 1.29 is 17.1 Å². The molecule has 0 fully saturated rings. The van der Waals surface area contributed by atoms with Gasteiger partial charge in [-0.2, -0.15) is 0 Å². The molecule has 4 heteroatoms. The first kappa shape index (κ1) is 38.2. The first-order chi connectivity index (χ1) is 25.3. The van der Waals surface area contributed by atoms with Crippen molar-refractivity contribution in [2.24, 2.45) is 0 Å². The smallest absolute Gasteiger partial charge is 0.0384 e. The molecule has 0 atom stereocenters. The second-order valence-corrected chi connectivity index (χ2v) is 16.0. The minimum atomic E-state index is -0.446. The molecule has 0 saturated carbocycles. The van der Waals surface area contributed by atoms with E-state index in [-0.39, 0.29) is 17.1 Å². The molecule has 0 aliphatic rings. The summed E-state index contributed by atoms with van der Waals surface area (Å²) in [5.41, 5.74) is 2.24. The van der Waals surface area contributed by atoms with Gasteiger partial charge in [0, 0.05) is 28.4 Å². The molecule has 1 N–H and O–H groups in total. The van der Waals surface area contributed by atoms with Crippen LogP contribution in [0.1, 0.15) is 0 Å². The zero-order valence-corrected chi connectivity index (χ0v) is 31.5. The van der Waals surface area contributed by atoms with Crippen molar-refractivity contribution in [1.82, 2.24) is 0 Å². The SMILES string of the molecule is [Cu].c1ccc(Nc2ccccc2)cc1.c1ccc(P(c2ccccc2)c2ccccc2)cc1.c1ccc(P(c2ccccc2)c2ccccc2)cc1. The maximum atomic E-state index is 3.30. The summed E-state index contributed by atoms with van der Waals surface area (Å²) < 4.78 is 0. The van der Waals surface area contributed by atoms with Crippen LogP contribution in [-0.2, 0) is 17.1 Å². The van der Waals surface area contributed by atoms with Crippen molar-refractivity contribution in [3.8, 4) is 0 Å². The summed E-state index contributed by atoms with van der Waals surface area (Å²) >= 11 is 0. The van der Waals surface area contributed by atoms with Gasteiger partial charge in [0.15, 0.2) is 0 Å². The van der Waals surface area contributed by atoms with Gasteiger partial charge in [-0.25, -0.2) is 0 Å². The summed E-state index contributed by atoms with van der Waals surface area (Å²) in [6.45, 7) is 0. The minimum Gasteiger partial charge on any atom is -0.356 e. The van der Waals surface area contributed by atoms with E-state index in [4.69, 9.17) is 0 Å². The van der Waals surface area contributed by atoms with Gasteiger partial charge in [-0.05, 0) is 71.9 Å². The molecule has 0 unspecified atom stereocenters. The number of para-hydroxylation sites is 2. The molecule has 1 nitrogen and oxygen atoms in total. The summed E-state index contributed by atoms with van der Waals surface area (Å²) in [6, 6.07) is 84.9. The van der Waals surface area contributed by atoms with Crippen LogP contribution in [0.5, 0.6) is 0 Å². The normalized spacial score (nSPS) is 10.1. The van der Waals surface area contributed by atoms with Gasteiger partial charge in [-0.3, -0.25) is 0 Å². The number of nitrogens with one attached hydrogen (secondary N) is 1. The maximum absolute atomic E-state index is 3.30. The van der Waals surface area contributed by atoms with Crippen LogP contribution in [0, 0.1) is 0 Å². The molecule has 0 bridgehead atoms. The first-order valence-electron chi connectivity index (χ1n) is 17.1. The van der Waals surface area contributed by atoms with E-state index in [1.54, 1.807) is 0 Å². The molecule has 8 aromatic carbocycles. The molecule has 259 valence electrons. The van der Waals surface area contributed by atoms with E-state index >= 15 is 0 Å². The predicted octanol–water partition coefficient (Wildman–Crippen LogP) is 10.3. The quantitative estimate of drug-likeness (QED) is 0.120. The second kappa shape index (κ2) is 21.3. The van der Waals surface area contributed by atoms with E-state index in [2.05, 4.69) is 187 Å². The summed E-state index contributed by atoms with van der Waals surface area (Å²) in [6.07, 6.45) is 0. The number of rotatable bonds is 8. The molecule has 52 heavy (non-hydrogen) atoms. The van der Waals surface area contributed by atoms with Crippen molar-refractivity contribution in [2.45, 2.75) is 0 Å². The largest absolute Gasteiger partial charge is 0.356 e. The minimum absolute atomic E-state index is 0. The molecule has 0 aliphatic heterocycles. The molecule has 8 rings (SSSR count). The number of anilines is 2. The van der Waals surface area contributed by atoms with Crippen LogP contribution in [0.25, 0.3) is 0 Å². The van der Waals surface area contributed by atoms with E-state index in [0.29, 0.717) is 0 Å². The summed E-state index contributed by atoms with van der Waals surface area (Å²) in [5.74, 6) is 0. The Labute approximate surface area is 322 Å². The second-order valence-electron chi connectivity index (χ2n) is 11.5. The van der Waals surface area contributed by atoms with Crippen LogP contribution in [0.3, 0.4) is 0 Å². The first-order valence-corrected chi connectivity index (χ1v) is 19.8. The van der Waals surface area contributed by atoms with Gasteiger partial charge in [-0.1, -0.05) is 218 Å². The molecule has 0 saturated heterocycles. The van der Waals surface area contributed by atoms with Crippen LogP contribution in [0.4, 0.5) is 11.4 Å². The Morgan fingerprint density at radius 1 is 0.212 bits per heavy atom. The number of hydrogen-bond acceptors (Lipinski definition) is 1. The Morgan fingerprint density at radius 3 is 0.538 bits per heavy atom. The summed E-state index contributed by atoms with van der Waals surface area (Å²) in [5, 5.41) is 11.7. The maximum Gasteiger partial charge on any atom is 0.0384 e. The van der Waals surface area contributed by atoms with Gasteiger partial charge in [0.05, 0.1) is 0 Å². The third kappa shape index (κ3) is 11.5. The Kier molecular flexibility index (Phi) is 15.7. The van der Waals surface area contributed by atoms with Gasteiger partial charge >= 0.3 is 0 Å². The zero-order valence-electron chi connectivity index (χ0n) is 28.8. The average molecular weight is 757 g/mol. The fraction of sp³-hybridized carbons (Fsp3) is 0. The summed E-state index contributed by atoms with van der Waals surface area (Å²) in [7, 11) is -0.892.